The second-order valence-corrected chi connectivity index (χ2v) is 7.30. The van der Waals surface area contributed by atoms with Crippen molar-refractivity contribution in [1.29, 1.82) is 0 Å². The van der Waals surface area contributed by atoms with Gasteiger partial charge in [-0.15, -0.1) is 10.2 Å². The molecule has 6 heteroatoms. The van der Waals surface area contributed by atoms with E-state index in [1.54, 1.807) is 0 Å². The average molecular weight is 319 g/mol. The second-order valence-electron chi connectivity index (χ2n) is 7.30. The van der Waals surface area contributed by atoms with Crippen molar-refractivity contribution in [1.82, 2.24) is 25.0 Å². The average Bonchev–Trinajstić information content (AvgIpc) is 2.93. The fourth-order valence-corrected chi connectivity index (χ4v) is 3.80. The van der Waals surface area contributed by atoms with Crippen LogP contribution in [0.3, 0.4) is 0 Å². The summed E-state index contributed by atoms with van der Waals surface area (Å²) in [6.07, 6.45) is 4.18. The van der Waals surface area contributed by atoms with Crippen LogP contribution >= 0.6 is 0 Å². The number of aromatic nitrogens is 3. The highest BCUT2D eigenvalue weighted by Crippen LogP contribution is 2.30. The second kappa shape index (κ2) is 6.99. The first kappa shape index (κ1) is 16.4. The van der Waals surface area contributed by atoms with Crippen LogP contribution in [-0.4, -0.2) is 45.2 Å². The molecule has 3 rings (SSSR count). The number of carbonyl (C=O) groups is 1. The number of piperidine rings is 1. The number of rotatable bonds is 5. The van der Waals surface area contributed by atoms with E-state index in [4.69, 9.17) is 0 Å². The first-order valence-electron chi connectivity index (χ1n) is 9.02. The van der Waals surface area contributed by atoms with Gasteiger partial charge in [0.25, 0.3) is 0 Å². The number of carbonyl (C=O) groups excluding carboxylic acids is 1. The molecular weight excluding hydrogens is 290 g/mol. The third-order valence-corrected chi connectivity index (χ3v) is 5.08. The highest BCUT2D eigenvalue weighted by atomic mass is 16.2. The fraction of sp³-hybridized carbons (Fsp3) is 0.824. The first-order valence-corrected chi connectivity index (χ1v) is 9.02. The van der Waals surface area contributed by atoms with Crippen molar-refractivity contribution in [2.75, 3.05) is 19.6 Å². The molecule has 0 saturated carbocycles. The van der Waals surface area contributed by atoms with Gasteiger partial charge in [0, 0.05) is 13.0 Å². The van der Waals surface area contributed by atoms with Gasteiger partial charge in [0.2, 0.25) is 5.91 Å². The molecule has 1 fully saturated rings. The summed E-state index contributed by atoms with van der Waals surface area (Å²) in [7, 11) is 0. The van der Waals surface area contributed by atoms with Gasteiger partial charge in [0.1, 0.15) is 11.9 Å². The van der Waals surface area contributed by atoms with Crippen LogP contribution in [0.25, 0.3) is 0 Å². The minimum absolute atomic E-state index is 0.120. The normalized spacial score (nSPS) is 22.7. The number of nitrogens with one attached hydrogen (secondary N) is 1. The van der Waals surface area contributed by atoms with Gasteiger partial charge in [-0.25, -0.2) is 0 Å². The number of amides is 1. The van der Waals surface area contributed by atoms with Crippen LogP contribution in [0, 0.1) is 11.8 Å². The van der Waals surface area contributed by atoms with Gasteiger partial charge in [-0.3, -0.25) is 4.79 Å². The molecule has 1 atom stereocenters. The maximum absolute atomic E-state index is 12.8. The van der Waals surface area contributed by atoms with Crippen LogP contribution in [0.15, 0.2) is 0 Å². The number of hydrogen-bond acceptors (Lipinski definition) is 4. The van der Waals surface area contributed by atoms with Crippen molar-refractivity contribution >= 4 is 5.91 Å². The molecule has 3 heterocycles. The summed E-state index contributed by atoms with van der Waals surface area (Å²) >= 11 is 0. The summed E-state index contributed by atoms with van der Waals surface area (Å²) in [5.41, 5.74) is 0. The lowest BCUT2D eigenvalue weighted by molar-refractivity contribution is -0.138. The molecule has 1 saturated heterocycles. The minimum atomic E-state index is -0.120. The standard InChI is InChI=1S/C17H29N5O/c1-4-21-11-16-20-19-15(10-13-5-7-18-8-6-13)22(16)14(17(21)23)9-12(2)3/h12-14,18H,4-11H2,1-3H3/t14-/m0/s1. The van der Waals surface area contributed by atoms with Crippen molar-refractivity contribution in [3.63, 3.8) is 0 Å². The van der Waals surface area contributed by atoms with E-state index in [0.717, 1.165) is 44.1 Å². The highest BCUT2D eigenvalue weighted by molar-refractivity contribution is 5.81. The van der Waals surface area contributed by atoms with Crippen molar-refractivity contribution in [2.24, 2.45) is 11.8 Å². The van der Waals surface area contributed by atoms with E-state index in [1.165, 1.54) is 12.8 Å². The zero-order valence-corrected chi connectivity index (χ0v) is 14.6. The summed E-state index contributed by atoms with van der Waals surface area (Å²) in [6, 6.07) is -0.120. The van der Waals surface area contributed by atoms with E-state index >= 15 is 0 Å². The van der Waals surface area contributed by atoms with E-state index in [-0.39, 0.29) is 11.9 Å². The molecule has 2 aliphatic rings. The SMILES string of the molecule is CCN1Cc2nnc(CC3CCNCC3)n2[C@@H](CC(C)C)C1=O. The number of fused-ring (bicyclic) bond motifs is 1. The third-order valence-electron chi connectivity index (χ3n) is 5.08. The maximum Gasteiger partial charge on any atom is 0.246 e. The van der Waals surface area contributed by atoms with Crippen molar-refractivity contribution < 1.29 is 4.79 Å². The highest BCUT2D eigenvalue weighted by Gasteiger charge is 2.36. The molecule has 2 aliphatic heterocycles. The smallest absolute Gasteiger partial charge is 0.246 e. The summed E-state index contributed by atoms with van der Waals surface area (Å²) in [4.78, 5) is 14.7. The van der Waals surface area contributed by atoms with Crippen LogP contribution < -0.4 is 5.32 Å². The quantitative estimate of drug-likeness (QED) is 0.898. The Labute approximate surface area is 138 Å². The van der Waals surface area contributed by atoms with Gasteiger partial charge in [-0.05, 0) is 51.1 Å². The molecule has 1 N–H and O–H groups in total. The van der Waals surface area contributed by atoms with Crippen LogP contribution in [-0.2, 0) is 17.8 Å². The topological polar surface area (TPSA) is 63.1 Å². The van der Waals surface area contributed by atoms with E-state index < -0.39 is 0 Å². The van der Waals surface area contributed by atoms with Gasteiger partial charge in [-0.1, -0.05) is 13.8 Å². The van der Waals surface area contributed by atoms with Crippen LogP contribution in [0.5, 0.6) is 0 Å². The Morgan fingerprint density at radius 2 is 2.00 bits per heavy atom. The molecule has 0 unspecified atom stereocenters. The van der Waals surface area contributed by atoms with Crippen LogP contribution in [0.1, 0.15) is 57.7 Å². The Balaban J connectivity index is 1.87. The Morgan fingerprint density at radius 3 is 2.65 bits per heavy atom. The Kier molecular flexibility index (Phi) is 4.99. The van der Waals surface area contributed by atoms with Crippen molar-refractivity contribution in [2.45, 2.75) is 59.0 Å². The third kappa shape index (κ3) is 3.42. The Bertz CT molecular complexity index is 547. The predicted octanol–water partition coefficient (Wildman–Crippen LogP) is 1.77. The molecular formula is C17H29N5O. The molecule has 6 nitrogen and oxygen atoms in total. The molecule has 0 aromatic carbocycles. The molecule has 23 heavy (non-hydrogen) atoms. The number of hydrogen-bond donors (Lipinski definition) is 1. The summed E-state index contributed by atoms with van der Waals surface area (Å²) < 4.78 is 2.16. The summed E-state index contributed by atoms with van der Waals surface area (Å²) in [5.74, 6) is 3.34. The zero-order chi connectivity index (χ0) is 16.4. The van der Waals surface area contributed by atoms with Crippen LogP contribution in [0.2, 0.25) is 0 Å². The van der Waals surface area contributed by atoms with E-state index in [2.05, 4.69) is 33.9 Å². The molecule has 1 aromatic heterocycles. The Hall–Kier alpha value is -1.43. The molecule has 1 aromatic rings. The lowest BCUT2D eigenvalue weighted by atomic mass is 9.93. The van der Waals surface area contributed by atoms with E-state index in [0.29, 0.717) is 18.4 Å². The van der Waals surface area contributed by atoms with Gasteiger partial charge in [-0.2, -0.15) is 0 Å². The van der Waals surface area contributed by atoms with Gasteiger partial charge < -0.3 is 14.8 Å². The maximum atomic E-state index is 12.8. The monoisotopic (exact) mass is 319 g/mol. The number of likely N-dealkylation sites (N-methyl/N-ethyl adjacent to an activating group) is 1. The van der Waals surface area contributed by atoms with E-state index in [9.17, 15) is 4.79 Å². The fourth-order valence-electron chi connectivity index (χ4n) is 3.80. The van der Waals surface area contributed by atoms with Crippen molar-refractivity contribution in [3.8, 4) is 0 Å². The molecule has 128 valence electrons. The molecule has 1 amide bonds. The molecule has 0 radical (unpaired) electrons. The lowest BCUT2D eigenvalue weighted by Gasteiger charge is -2.34. The zero-order valence-electron chi connectivity index (χ0n) is 14.6. The van der Waals surface area contributed by atoms with E-state index in [1.807, 2.05) is 11.8 Å². The largest absolute Gasteiger partial charge is 0.334 e. The van der Waals surface area contributed by atoms with Gasteiger partial charge >= 0.3 is 0 Å². The number of nitrogens with zero attached hydrogens (tertiary/aromatic N) is 4. The summed E-state index contributed by atoms with van der Waals surface area (Å²) in [6.45, 7) is 9.90. The van der Waals surface area contributed by atoms with Crippen LogP contribution in [0.4, 0.5) is 0 Å². The first-order chi connectivity index (χ1) is 11.1. The molecule has 0 aliphatic carbocycles. The summed E-state index contributed by atoms with van der Waals surface area (Å²) in [5, 5.41) is 12.3. The predicted molar refractivity (Wildman–Crippen MR) is 88.9 cm³/mol. The molecule has 0 bridgehead atoms. The van der Waals surface area contributed by atoms with Gasteiger partial charge in [0.15, 0.2) is 5.82 Å². The lowest BCUT2D eigenvalue weighted by Crippen LogP contribution is -2.43. The minimum Gasteiger partial charge on any atom is -0.334 e. The van der Waals surface area contributed by atoms with Crippen molar-refractivity contribution in [3.05, 3.63) is 11.6 Å². The van der Waals surface area contributed by atoms with Gasteiger partial charge in [0.05, 0.1) is 6.54 Å². The Morgan fingerprint density at radius 1 is 1.26 bits per heavy atom. The molecule has 0 spiro atoms.